The fourth-order valence-corrected chi connectivity index (χ4v) is 1.57. The van der Waals surface area contributed by atoms with E-state index in [0.29, 0.717) is 12.4 Å². The largest absolute Gasteiger partial charge is 0.213 e. The predicted octanol–water partition coefficient (Wildman–Crippen LogP) is 1.47. The second kappa shape index (κ2) is 4.77. The second-order valence-electron chi connectivity index (χ2n) is 3.04. The monoisotopic (exact) mass is 233 g/mol. The van der Waals surface area contributed by atoms with E-state index in [1.165, 1.54) is 0 Å². The van der Waals surface area contributed by atoms with Crippen LogP contribution in [-0.2, 0) is 22.4 Å². The normalized spacial score (nSPS) is 11.6. The van der Waals surface area contributed by atoms with Crippen LogP contribution in [0.15, 0.2) is 24.3 Å². The molecule has 0 saturated heterocycles. The summed E-state index contributed by atoms with van der Waals surface area (Å²) in [5.74, 6) is 0.472. The molecule has 0 heterocycles. The third-order valence-electron chi connectivity index (χ3n) is 1.72. The molecule has 0 atom stereocenters. The molecule has 14 heavy (non-hydrogen) atoms. The Balaban J connectivity index is 2.61. The zero-order chi connectivity index (χ0) is 10.6. The van der Waals surface area contributed by atoms with E-state index < -0.39 is 10.0 Å². The van der Waals surface area contributed by atoms with E-state index in [2.05, 4.69) is 4.72 Å². The highest BCUT2D eigenvalue weighted by Gasteiger charge is 2.00. The van der Waals surface area contributed by atoms with Crippen molar-refractivity contribution in [1.82, 2.24) is 4.72 Å². The smallest absolute Gasteiger partial charge is 0.209 e. The van der Waals surface area contributed by atoms with Gasteiger partial charge in [0.1, 0.15) is 0 Å². The van der Waals surface area contributed by atoms with Crippen LogP contribution in [0.3, 0.4) is 0 Å². The van der Waals surface area contributed by atoms with Crippen LogP contribution >= 0.6 is 11.6 Å². The van der Waals surface area contributed by atoms with Crippen LogP contribution in [0.25, 0.3) is 0 Å². The van der Waals surface area contributed by atoms with Crippen LogP contribution in [0.5, 0.6) is 0 Å². The molecule has 0 spiro atoms. The number of alkyl halides is 1. The molecule has 78 valence electrons. The zero-order valence-corrected chi connectivity index (χ0v) is 9.40. The van der Waals surface area contributed by atoms with Gasteiger partial charge in [-0.2, -0.15) is 0 Å². The summed E-state index contributed by atoms with van der Waals surface area (Å²) in [5.41, 5.74) is 1.94. The van der Waals surface area contributed by atoms with Crippen molar-refractivity contribution in [3.8, 4) is 0 Å². The van der Waals surface area contributed by atoms with E-state index in [4.69, 9.17) is 11.6 Å². The van der Waals surface area contributed by atoms with Crippen molar-refractivity contribution in [2.45, 2.75) is 12.4 Å². The average molecular weight is 234 g/mol. The molecule has 0 aromatic heterocycles. The Labute approximate surface area is 89.1 Å². The van der Waals surface area contributed by atoms with Crippen LogP contribution in [0.1, 0.15) is 11.1 Å². The van der Waals surface area contributed by atoms with E-state index in [9.17, 15) is 8.42 Å². The molecule has 1 rings (SSSR count). The minimum Gasteiger partial charge on any atom is -0.213 e. The fraction of sp³-hybridized carbons (Fsp3) is 0.333. The Hall–Kier alpha value is -0.580. The highest BCUT2D eigenvalue weighted by atomic mass is 35.5. The third kappa shape index (κ3) is 4.09. The maximum Gasteiger partial charge on any atom is 0.209 e. The molecule has 0 aliphatic heterocycles. The van der Waals surface area contributed by atoms with Gasteiger partial charge in [0.25, 0.3) is 0 Å². The average Bonchev–Trinajstić information content (AvgIpc) is 2.14. The summed E-state index contributed by atoms with van der Waals surface area (Å²) in [4.78, 5) is 0. The van der Waals surface area contributed by atoms with Gasteiger partial charge in [0.2, 0.25) is 10.0 Å². The Morgan fingerprint density at radius 1 is 1.21 bits per heavy atom. The maximum absolute atomic E-state index is 10.8. The lowest BCUT2D eigenvalue weighted by molar-refractivity contribution is 0.587. The lowest BCUT2D eigenvalue weighted by Gasteiger charge is -2.02. The van der Waals surface area contributed by atoms with Gasteiger partial charge in [0.15, 0.2) is 0 Å². The van der Waals surface area contributed by atoms with Crippen LogP contribution in [0.2, 0.25) is 0 Å². The molecule has 3 nitrogen and oxygen atoms in total. The Morgan fingerprint density at radius 2 is 1.71 bits per heavy atom. The van der Waals surface area contributed by atoms with Crippen molar-refractivity contribution in [3.63, 3.8) is 0 Å². The minimum atomic E-state index is -3.11. The van der Waals surface area contributed by atoms with E-state index in [0.717, 1.165) is 17.4 Å². The molecule has 0 radical (unpaired) electrons. The molecule has 0 saturated carbocycles. The summed E-state index contributed by atoms with van der Waals surface area (Å²) in [6.45, 7) is 0.321. The van der Waals surface area contributed by atoms with Crippen molar-refractivity contribution in [3.05, 3.63) is 35.4 Å². The first-order valence-corrected chi connectivity index (χ1v) is 6.52. The van der Waals surface area contributed by atoms with Crippen LogP contribution in [-0.4, -0.2) is 14.7 Å². The molecule has 1 aromatic carbocycles. The van der Waals surface area contributed by atoms with Gasteiger partial charge in [-0.3, -0.25) is 0 Å². The summed E-state index contributed by atoms with van der Waals surface area (Å²) in [6, 6.07) is 7.48. The number of sulfonamides is 1. The third-order valence-corrected chi connectivity index (χ3v) is 2.69. The summed E-state index contributed by atoms with van der Waals surface area (Å²) in [7, 11) is -3.11. The molecule has 0 amide bonds. The standard InChI is InChI=1S/C9H12ClNO2S/c1-14(12,13)11-7-9-4-2-8(6-10)3-5-9/h2-5,11H,6-7H2,1H3. The van der Waals surface area contributed by atoms with E-state index in [1.807, 2.05) is 24.3 Å². The Morgan fingerprint density at radius 3 is 2.14 bits per heavy atom. The number of hydrogen-bond acceptors (Lipinski definition) is 2. The summed E-state index contributed by atoms with van der Waals surface area (Å²) in [5, 5.41) is 0. The Bertz CT molecular complexity index is 386. The van der Waals surface area contributed by atoms with E-state index >= 15 is 0 Å². The summed E-state index contributed by atoms with van der Waals surface area (Å²) < 4.78 is 24.0. The van der Waals surface area contributed by atoms with Gasteiger partial charge >= 0.3 is 0 Å². The number of halogens is 1. The highest BCUT2D eigenvalue weighted by Crippen LogP contribution is 2.06. The van der Waals surface area contributed by atoms with Gasteiger partial charge in [-0.05, 0) is 11.1 Å². The van der Waals surface area contributed by atoms with Crippen molar-refractivity contribution < 1.29 is 8.42 Å². The van der Waals surface area contributed by atoms with Crippen LogP contribution in [0, 0.1) is 0 Å². The van der Waals surface area contributed by atoms with E-state index in [-0.39, 0.29) is 0 Å². The van der Waals surface area contributed by atoms with Gasteiger partial charge in [-0.25, -0.2) is 13.1 Å². The SMILES string of the molecule is CS(=O)(=O)NCc1ccc(CCl)cc1. The molecule has 5 heteroatoms. The van der Waals surface area contributed by atoms with Crippen molar-refractivity contribution in [1.29, 1.82) is 0 Å². The summed E-state index contributed by atoms with van der Waals surface area (Å²) >= 11 is 5.62. The van der Waals surface area contributed by atoms with Gasteiger partial charge in [0, 0.05) is 12.4 Å². The number of benzene rings is 1. The lowest BCUT2D eigenvalue weighted by atomic mass is 10.1. The van der Waals surface area contributed by atoms with Crippen molar-refractivity contribution in [2.75, 3.05) is 6.26 Å². The second-order valence-corrected chi connectivity index (χ2v) is 5.14. The van der Waals surface area contributed by atoms with Gasteiger partial charge in [0.05, 0.1) is 6.26 Å². The van der Waals surface area contributed by atoms with Gasteiger partial charge in [-0.15, -0.1) is 11.6 Å². The molecule has 0 bridgehead atoms. The lowest BCUT2D eigenvalue weighted by Crippen LogP contribution is -2.21. The first-order valence-electron chi connectivity index (χ1n) is 4.09. The van der Waals surface area contributed by atoms with Crippen molar-refractivity contribution in [2.24, 2.45) is 0 Å². The Kier molecular flexibility index (Phi) is 3.92. The first kappa shape index (κ1) is 11.5. The van der Waals surface area contributed by atoms with E-state index in [1.54, 1.807) is 0 Å². The molecule has 1 aromatic rings. The predicted molar refractivity (Wildman–Crippen MR) is 57.7 cm³/mol. The van der Waals surface area contributed by atoms with Gasteiger partial charge in [-0.1, -0.05) is 24.3 Å². The number of rotatable bonds is 4. The molecule has 0 aliphatic rings. The number of nitrogens with one attached hydrogen (secondary N) is 1. The van der Waals surface area contributed by atoms with Crippen LogP contribution in [0.4, 0.5) is 0 Å². The molecule has 0 unspecified atom stereocenters. The molecular weight excluding hydrogens is 222 g/mol. The fourth-order valence-electron chi connectivity index (χ4n) is 0.961. The zero-order valence-electron chi connectivity index (χ0n) is 7.83. The van der Waals surface area contributed by atoms with Crippen LogP contribution < -0.4 is 4.72 Å². The minimum absolute atomic E-state index is 0.321. The molecular formula is C9H12ClNO2S. The van der Waals surface area contributed by atoms with Crippen molar-refractivity contribution >= 4 is 21.6 Å². The topological polar surface area (TPSA) is 46.2 Å². The molecule has 1 N–H and O–H groups in total. The highest BCUT2D eigenvalue weighted by molar-refractivity contribution is 7.88. The molecule has 0 aliphatic carbocycles. The maximum atomic E-state index is 10.8. The quantitative estimate of drug-likeness (QED) is 0.801. The number of hydrogen-bond donors (Lipinski definition) is 1. The van der Waals surface area contributed by atoms with Gasteiger partial charge < -0.3 is 0 Å². The first-order chi connectivity index (χ1) is 6.51. The summed E-state index contributed by atoms with van der Waals surface area (Å²) in [6.07, 6.45) is 1.14. The molecule has 0 fully saturated rings.